The molecule has 0 aliphatic carbocycles. The van der Waals surface area contributed by atoms with Gasteiger partial charge in [-0.3, -0.25) is 9.59 Å². The third-order valence-corrected chi connectivity index (χ3v) is 4.23. The maximum atomic E-state index is 12.4. The molecule has 124 valence electrons. The second-order valence-electron chi connectivity index (χ2n) is 5.18. The molecule has 1 aromatic carbocycles. The standard InChI is InChI=1S/C18H23NO3S/c1-4-6-14(7-5-2)18(22)19-16(12-17(20)21)13-8-10-15(23-3)11-9-13/h4-5,8-11,14,16H,1-2,6-7,12H2,3H3,(H,19,22)(H,20,21). The average Bonchev–Trinajstić information content (AvgIpc) is 2.53. The van der Waals surface area contributed by atoms with E-state index in [1.165, 1.54) is 0 Å². The fourth-order valence-electron chi connectivity index (χ4n) is 2.27. The summed E-state index contributed by atoms with van der Waals surface area (Å²) in [5.41, 5.74) is 0.787. The Morgan fingerprint density at radius 1 is 1.22 bits per heavy atom. The first kappa shape index (κ1) is 19.0. The van der Waals surface area contributed by atoms with E-state index >= 15 is 0 Å². The highest BCUT2D eigenvalue weighted by molar-refractivity contribution is 7.98. The molecule has 0 aliphatic rings. The quantitative estimate of drug-likeness (QED) is 0.505. The number of carboxylic acids is 1. The number of carbonyl (C=O) groups is 2. The molecule has 0 aromatic heterocycles. The third-order valence-electron chi connectivity index (χ3n) is 3.49. The van der Waals surface area contributed by atoms with Gasteiger partial charge in [0.1, 0.15) is 0 Å². The third kappa shape index (κ3) is 6.32. The van der Waals surface area contributed by atoms with Gasteiger partial charge in [0.2, 0.25) is 5.91 Å². The van der Waals surface area contributed by atoms with E-state index in [1.54, 1.807) is 23.9 Å². The summed E-state index contributed by atoms with van der Waals surface area (Å²) in [6, 6.07) is 7.01. The molecular formula is C18H23NO3S. The Morgan fingerprint density at radius 2 is 1.78 bits per heavy atom. The van der Waals surface area contributed by atoms with Crippen LogP contribution in [0.2, 0.25) is 0 Å². The number of benzene rings is 1. The van der Waals surface area contributed by atoms with Crippen molar-refractivity contribution >= 4 is 23.6 Å². The van der Waals surface area contributed by atoms with Crippen molar-refractivity contribution in [1.82, 2.24) is 5.32 Å². The van der Waals surface area contributed by atoms with Crippen molar-refractivity contribution in [2.24, 2.45) is 5.92 Å². The topological polar surface area (TPSA) is 66.4 Å². The number of hydrogen-bond acceptors (Lipinski definition) is 3. The van der Waals surface area contributed by atoms with Crippen LogP contribution in [0.25, 0.3) is 0 Å². The van der Waals surface area contributed by atoms with E-state index in [2.05, 4.69) is 18.5 Å². The first-order valence-corrected chi connectivity index (χ1v) is 8.62. The minimum Gasteiger partial charge on any atom is -0.481 e. The van der Waals surface area contributed by atoms with Gasteiger partial charge in [-0.1, -0.05) is 24.3 Å². The number of carbonyl (C=O) groups excluding carboxylic acids is 1. The molecule has 0 saturated carbocycles. The van der Waals surface area contributed by atoms with Crippen LogP contribution in [0.4, 0.5) is 0 Å². The highest BCUT2D eigenvalue weighted by Gasteiger charge is 2.22. The van der Waals surface area contributed by atoms with E-state index in [-0.39, 0.29) is 18.2 Å². The molecular weight excluding hydrogens is 310 g/mol. The Balaban J connectivity index is 2.91. The van der Waals surface area contributed by atoms with Gasteiger partial charge in [0.05, 0.1) is 12.5 Å². The van der Waals surface area contributed by atoms with Crippen LogP contribution in [0, 0.1) is 5.92 Å². The summed E-state index contributed by atoms with van der Waals surface area (Å²) in [6.45, 7) is 7.32. The number of rotatable bonds is 10. The Kier molecular flexibility index (Phi) is 8.19. The molecule has 1 rings (SSSR count). The smallest absolute Gasteiger partial charge is 0.305 e. The average molecular weight is 333 g/mol. The molecule has 23 heavy (non-hydrogen) atoms. The van der Waals surface area contributed by atoms with Crippen LogP contribution >= 0.6 is 11.8 Å². The summed E-state index contributed by atoms with van der Waals surface area (Å²) in [5, 5.41) is 12.0. The molecule has 2 N–H and O–H groups in total. The predicted molar refractivity (Wildman–Crippen MR) is 94.5 cm³/mol. The lowest BCUT2D eigenvalue weighted by Gasteiger charge is -2.21. The van der Waals surface area contributed by atoms with Gasteiger partial charge in [-0.25, -0.2) is 0 Å². The molecule has 0 fully saturated rings. The van der Waals surface area contributed by atoms with Crippen molar-refractivity contribution in [1.29, 1.82) is 0 Å². The fraction of sp³-hybridized carbons (Fsp3) is 0.333. The first-order valence-electron chi connectivity index (χ1n) is 7.39. The molecule has 0 spiro atoms. The maximum absolute atomic E-state index is 12.4. The molecule has 0 aliphatic heterocycles. The van der Waals surface area contributed by atoms with Crippen molar-refractivity contribution < 1.29 is 14.7 Å². The fourth-order valence-corrected chi connectivity index (χ4v) is 2.67. The van der Waals surface area contributed by atoms with Crippen LogP contribution in [0.1, 0.15) is 30.9 Å². The highest BCUT2D eigenvalue weighted by atomic mass is 32.2. The van der Waals surface area contributed by atoms with Crippen molar-refractivity contribution in [2.45, 2.75) is 30.2 Å². The summed E-state index contributed by atoms with van der Waals surface area (Å²) in [5.74, 6) is -1.40. The lowest BCUT2D eigenvalue weighted by molar-refractivity contribution is -0.138. The van der Waals surface area contributed by atoms with Gasteiger partial charge in [0, 0.05) is 10.8 Å². The van der Waals surface area contributed by atoms with E-state index in [0.29, 0.717) is 12.8 Å². The van der Waals surface area contributed by atoms with Crippen molar-refractivity contribution in [3.05, 3.63) is 55.1 Å². The largest absolute Gasteiger partial charge is 0.481 e. The summed E-state index contributed by atoms with van der Waals surface area (Å²) in [4.78, 5) is 24.6. The molecule has 1 aromatic rings. The Bertz CT molecular complexity index is 544. The second kappa shape index (κ2) is 9.90. The van der Waals surface area contributed by atoms with Crippen LogP contribution in [-0.2, 0) is 9.59 Å². The molecule has 4 nitrogen and oxygen atoms in total. The second-order valence-corrected chi connectivity index (χ2v) is 6.06. The van der Waals surface area contributed by atoms with E-state index in [9.17, 15) is 9.59 Å². The van der Waals surface area contributed by atoms with Crippen LogP contribution < -0.4 is 5.32 Å². The van der Waals surface area contributed by atoms with Gasteiger partial charge in [-0.2, -0.15) is 0 Å². The Hall–Kier alpha value is -2.01. The van der Waals surface area contributed by atoms with Crippen LogP contribution in [0.3, 0.4) is 0 Å². The summed E-state index contributed by atoms with van der Waals surface area (Å²) in [6.07, 6.45) is 6.26. The van der Waals surface area contributed by atoms with Crippen LogP contribution in [-0.4, -0.2) is 23.2 Å². The summed E-state index contributed by atoms with van der Waals surface area (Å²) < 4.78 is 0. The molecule has 1 amide bonds. The van der Waals surface area contributed by atoms with Gasteiger partial charge in [0.15, 0.2) is 0 Å². The predicted octanol–water partition coefficient (Wildman–Crippen LogP) is 3.81. The number of amides is 1. The lowest BCUT2D eigenvalue weighted by atomic mass is 9.98. The van der Waals surface area contributed by atoms with E-state index in [4.69, 9.17) is 5.11 Å². The van der Waals surface area contributed by atoms with Gasteiger partial charge in [0.25, 0.3) is 0 Å². The van der Waals surface area contributed by atoms with E-state index < -0.39 is 12.0 Å². The van der Waals surface area contributed by atoms with Crippen LogP contribution in [0.15, 0.2) is 54.5 Å². The molecule has 0 heterocycles. The molecule has 0 radical (unpaired) electrons. The number of aliphatic carboxylic acids is 1. The lowest BCUT2D eigenvalue weighted by Crippen LogP contribution is -2.34. The SMILES string of the molecule is C=CCC(CC=C)C(=O)NC(CC(=O)O)c1ccc(SC)cc1. The van der Waals surface area contributed by atoms with Gasteiger partial charge in [-0.05, 0) is 36.8 Å². The zero-order chi connectivity index (χ0) is 17.2. The van der Waals surface area contributed by atoms with Gasteiger partial charge in [-0.15, -0.1) is 24.9 Å². The van der Waals surface area contributed by atoms with Crippen LogP contribution in [0.5, 0.6) is 0 Å². The van der Waals surface area contributed by atoms with Crippen molar-refractivity contribution in [3.63, 3.8) is 0 Å². The molecule has 1 unspecified atom stereocenters. The van der Waals surface area contributed by atoms with Gasteiger partial charge < -0.3 is 10.4 Å². The number of thioether (sulfide) groups is 1. The highest BCUT2D eigenvalue weighted by Crippen LogP contribution is 2.22. The summed E-state index contributed by atoms with van der Waals surface area (Å²) >= 11 is 1.61. The number of hydrogen-bond donors (Lipinski definition) is 2. The zero-order valence-corrected chi connectivity index (χ0v) is 14.1. The van der Waals surface area contributed by atoms with E-state index in [0.717, 1.165) is 10.5 Å². The van der Waals surface area contributed by atoms with Crippen molar-refractivity contribution in [2.75, 3.05) is 6.26 Å². The number of carboxylic acid groups (broad SMARTS) is 1. The van der Waals surface area contributed by atoms with Gasteiger partial charge >= 0.3 is 5.97 Å². The molecule has 0 bridgehead atoms. The Morgan fingerprint density at radius 3 is 2.22 bits per heavy atom. The first-order chi connectivity index (χ1) is 11.0. The number of allylic oxidation sites excluding steroid dienone is 2. The summed E-state index contributed by atoms with van der Waals surface area (Å²) in [7, 11) is 0. The Labute approximate surface area is 141 Å². The minimum atomic E-state index is -0.951. The molecule has 1 atom stereocenters. The normalized spacial score (nSPS) is 11.7. The van der Waals surface area contributed by atoms with Crippen molar-refractivity contribution in [3.8, 4) is 0 Å². The minimum absolute atomic E-state index is 0.154. The number of nitrogens with one attached hydrogen (secondary N) is 1. The molecule has 0 saturated heterocycles. The monoisotopic (exact) mass is 333 g/mol. The molecule has 5 heteroatoms. The maximum Gasteiger partial charge on any atom is 0.305 e. The van der Waals surface area contributed by atoms with E-state index in [1.807, 2.05) is 30.5 Å². The zero-order valence-electron chi connectivity index (χ0n) is 13.3.